The smallest absolute Gasteiger partial charge is 0.270 e. The molecule has 0 bridgehead atoms. The molecule has 2 heterocycles. The van der Waals surface area contributed by atoms with E-state index in [2.05, 4.69) is 0 Å². The summed E-state index contributed by atoms with van der Waals surface area (Å²) in [6.45, 7) is 1.19. The van der Waals surface area contributed by atoms with E-state index in [-0.39, 0.29) is 18.1 Å². The van der Waals surface area contributed by atoms with E-state index in [4.69, 9.17) is 10.5 Å². The Kier molecular flexibility index (Phi) is 4.04. The molecule has 1 aromatic heterocycles. The Hall–Kier alpha value is -1.33. The number of hydrogen-bond donors (Lipinski definition) is 1. The van der Waals surface area contributed by atoms with Crippen LogP contribution in [0.3, 0.4) is 0 Å². The number of likely N-dealkylation sites (tertiary alicyclic amines) is 1. The minimum absolute atomic E-state index is 0.0625. The van der Waals surface area contributed by atoms with Gasteiger partial charge in [-0.25, -0.2) is 0 Å². The topological polar surface area (TPSA) is 60.5 Å². The van der Waals surface area contributed by atoms with E-state index in [0.29, 0.717) is 18.8 Å². The number of ether oxygens (including phenoxy) is 1. The van der Waals surface area contributed by atoms with Gasteiger partial charge in [0.15, 0.2) is 0 Å². The fourth-order valence-electron chi connectivity index (χ4n) is 2.55. The average molecular weight is 251 g/mol. The first-order valence-corrected chi connectivity index (χ1v) is 6.32. The minimum atomic E-state index is 0.0625. The van der Waals surface area contributed by atoms with Crippen molar-refractivity contribution in [3.8, 4) is 0 Å². The summed E-state index contributed by atoms with van der Waals surface area (Å²) >= 11 is 0. The van der Waals surface area contributed by atoms with Crippen LogP contribution in [0.2, 0.25) is 0 Å². The number of aryl methyl sites for hydroxylation is 1. The Morgan fingerprint density at radius 1 is 1.61 bits per heavy atom. The summed E-state index contributed by atoms with van der Waals surface area (Å²) in [4.78, 5) is 14.3. The van der Waals surface area contributed by atoms with E-state index >= 15 is 0 Å². The van der Waals surface area contributed by atoms with Crippen molar-refractivity contribution in [1.82, 2.24) is 9.47 Å². The van der Waals surface area contributed by atoms with Crippen molar-refractivity contribution in [3.05, 3.63) is 24.0 Å². The van der Waals surface area contributed by atoms with E-state index in [9.17, 15) is 4.79 Å². The summed E-state index contributed by atoms with van der Waals surface area (Å²) in [5, 5.41) is 0. The normalized spacial score (nSPS) is 24.3. The predicted molar refractivity (Wildman–Crippen MR) is 69.3 cm³/mol. The molecule has 5 nitrogen and oxygen atoms in total. The lowest BCUT2D eigenvalue weighted by molar-refractivity contribution is 0.0134. The number of carbonyl (C=O) groups is 1. The van der Waals surface area contributed by atoms with Gasteiger partial charge >= 0.3 is 0 Å². The van der Waals surface area contributed by atoms with Crippen LogP contribution in [0.1, 0.15) is 23.3 Å². The molecular weight excluding hydrogens is 230 g/mol. The maximum Gasteiger partial charge on any atom is 0.270 e. The van der Waals surface area contributed by atoms with Crippen molar-refractivity contribution < 1.29 is 9.53 Å². The number of amides is 1. The molecule has 0 aliphatic carbocycles. The lowest BCUT2D eigenvalue weighted by Gasteiger charge is -2.38. The summed E-state index contributed by atoms with van der Waals surface area (Å²) < 4.78 is 7.21. The van der Waals surface area contributed by atoms with Crippen molar-refractivity contribution in [3.63, 3.8) is 0 Å². The first-order chi connectivity index (χ1) is 8.67. The van der Waals surface area contributed by atoms with Gasteiger partial charge in [-0.1, -0.05) is 0 Å². The standard InChI is InChI=1S/C13H21N3O2/c1-15-6-3-4-12(15)13(17)16-7-5-11(18-2)8-10(16)9-14/h3-4,6,10-11H,5,7-9,14H2,1-2H3. The van der Waals surface area contributed by atoms with Gasteiger partial charge in [0.25, 0.3) is 5.91 Å². The Labute approximate surface area is 108 Å². The second kappa shape index (κ2) is 5.54. The highest BCUT2D eigenvalue weighted by atomic mass is 16.5. The second-order valence-electron chi connectivity index (χ2n) is 4.77. The highest BCUT2D eigenvalue weighted by Crippen LogP contribution is 2.21. The lowest BCUT2D eigenvalue weighted by Crippen LogP contribution is -2.51. The van der Waals surface area contributed by atoms with Crippen LogP contribution in [0.15, 0.2) is 18.3 Å². The van der Waals surface area contributed by atoms with Gasteiger partial charge in [0.05, 0.1) is 6.10 Å². The molecule has 0 radical (unpaired) electrons. The summed E-state index contributed by atoms with van der Waals surface area (Å²) in [5.74, 6) is 0.0625. The summed E-state index contributed by atoms with van der Waals surface area (Å²) in [6.07, 6.45) is 3.80. The largest absolute Gasteiger partial charge is 0.381 e. The van der Waals surface area contributed by atoms with Crippen LogP contribution < -0.4 is 5.73 Å². The number of hydrogen-bond acceptors (Lipinski definition) is 3. The van der Waals surface area contributed by atoms with Crippen LogP contribution >= 0.6 is 0 Å². The Bertz CT molecular complexity index is 416. The first-order valence-electron chi connectivity index (χ1n) is 6.32. The number of methoxy groups -OCH3 is 1. The number of nitrogens with zero attached hydrogens (tertiary/aromatic N) is 2. The molecule has 18 heavy (non-hydrogen) atoms. The van der Waals surface area contributed by atoms with Crippen LogP contribution in [-0.2, 0) is 11.8 Å². The average Bonchev–Trinajstić information content (AvgIpc) is 2.83. The van der Waals surface area contributed by atoms with Gasteiger partial charge in [-0.3, -0.25) is 4.79 Å². The highest BCUT2D eigenvalue weighted by molar-refractivity contribution is 5.93. The molecule has 0 spiro atoms. The third-order valence-corrected chi connectivity index (χ3v) is 3.70. The number of piperidine rings is 1. The predicted octanol–water partition coefficient (Wildman–Crippen LogP) is 0.603. The Morgan fingerprint density at radius 2 is 2.39 bits per heavy atom. The molecule has 1 aromatic rings. The molecule has 0 saturated carbocycles. The zero-order chi connectivity index (χ0) is 13.1. The van der Waals surface area contributed by atoms with Crippen LogP contribution in [-0.4, -0.2) is 47.7 Å². The molecule has 1 saturated heterocycles. The lowest BCUT2D eigenvalue weighted by atomic mass is 9.99. The first kappa shape index (κ1) is 13.1. The van der Waals surface area contributed by atoms with Crippen molar-refractivity contribution in [2.24, 2.45) is 12.8 Å². The third-order valence-electron chi connectivity index (χ3n) is 3.70. The highest BCUT2D eigenvalue weighted by Gasteiger charge is 2.31. The second-order valence-corrected chi connectivity index (χ2v) is 4.77. The minimum Gasteiger partial charge on any atom is -0.381 e. The van der Waals surface area contributed by atoms with Crippen LogP contribution in [0, 0.1) is 0 Å². The van der Waals surface area contributed by atoms with E-state index in [1.165, 1.54) is 0 Å². The maximum absolute atomic E-state index is 12.5. The van der Waals surface area contributed by atoms with Gasteiger partial charge in [-0.2, -0.15) is 0 Å². The Balaban J connectivity index is 2.13. The molecular formula is C13H21N3O2. The molecule has 2 atom stereocenters. The molecule has 1 fully saturated rings. The Morgan fingerprint density at radius 3 is 2.94 bits per heavy atom. The van der Waals surface area contributed by atoms with Gasteiger partial charge in [0, 0.05) is 39.5 Å². The van der Waals surface area contributed by atoms with E-state index in [1.54, 1.807) is 7.11 Å². The van der Waals surface area contributed by atoms with Crippen molar-refractivity contribution in [1.29, 1.82) is 0 Å². The van der Waals surface area contributed by atoms with Crippen LogP contribution in [0.5, 0.6) is 0 Å². The van der Waals surface area contributed by atoms with Crippen LogP contribution in [0.4, 0.5) is 0 Å². The van der Waals surface area contributed by atoms with Crippen molar-refractivity contribution in [2.75, 3.05) is 20.2 Å². The molecule has 2 rings (SSSR count). The number of rotatable bonds is 3. The monoisotopic (exact) mass is 251 g/mol. The molecule has 2 N–H and O–H groups in total. The van der Waals surface area contributed by atoms with Gasteiger partial charge in [-0.05, 0) is 25.0 Å². The van der Waals surface area contributed by atoms with Crippen molar-refractivity contribution in [2.45, 2.75) is 25.0 Å². The fourth-order valence-corrected chi connectivity index (χ4v) is 2.55. The van der Waals surface area contributed by atoms with Gasteiger partial charge < -0.3 is 19.9 Å². The molecule has 1 aliphatic rings. The van der Waals surface area contributed by atoms with E-state index in [1.807, 2.05) is 34.8 Å². The molecule has 0 aromatic carbocycles. The summed E-state index contributed by atoms with van der Waals surface area (Å²) in [7, 11) is 3.60. The third kappa shape index (κ3) is 2.42. The number of carbonyl (C=O) groups excluding carboxylic acids is 1. The fraction of sp³-hybridized carbons (Fsp3) is 0.615. The zero-order valence-electron chi connectivity index (χ0n) is 11.0. The summed E-state index contributed by atoms with van der Waals surface area (Å²) in [6, 6.07) is 3.80. The van der Waals surface area contributed by atoms with Gasteiger partial charge in [0.2, 0.25) is 0 Å². The SMILES string of the molecule is COC1CCN(C(=O)c2cccn2C)C(CN)C1. The molecule has 1 amide bonds. The van der Waals surface area contributed by atoms with E-state index in [0.717, 1.165) is 12.8 Å². The van der Waals surface area contributed by atoms with Gasteiger partial charge in [0.1, 0.15) is 5.69 Å². The zero-order valence-corrected chi connectivity index (χ0v) is 11.0. The maximum atomic E-state index is 12.5. The quantitative estimate of drug-likeness (QED) is 0.856. The molecule has 1 aliphatic heterocycles. The van der Waals surface area contributed by atoms with Crippen molar-refractivity contribution >= 4 is 5.91 Å². The summed E-state index contributed by atoms with van der Waals surface area (Å²) in [5.41, 5.74) is 6.50. The molecule has 100 valence electrons. The number of aromatic nitrogens is 1. The molecule has 5 heteroatoms. The van der Waals surface area contributed by atoms with E-state index < -0.39 is 0 Å². The van der Waals surface area contributed by atoms with Gasteiger partial charge in [-0.15, -0.1) is 0 Å². The van der Waals surface area contributed by atoms with Crippen LogP contribution in [0.25, 0.3) is 0 Å². The molecule has 2 unspecified atom stereocenters. The number of nitrogens with two attached hydrogens (primary N) is 1.